The monoisotopic (exact) mass is 428 g/mol. The summed E-state index contributed by atoms with van der Waals surface area (Å²) in [6.45, 7) is 1.14. The molecule has 0 spiro atoms. The summed E-state index contributed by atoms with van der Waals surface area (Å²) in [5.74, 6) is 0.666. The third-order valence-electron chi connectivity index (χ3n) is 5.99. The topological polar surface area (TPSA) is 84.9 Å². The Morgan fingerprint density at radius 2 is 1.77 bits per heavy atom. The molecule has 1 amide bonds. The van der Waals surface area contributed by atoms with Crippen molar-refractivity contribution >= 4 is 21.6 Å². The smallest absolute Gasteiger partial charge is 0.243 e. The Labute approximate surface area is 176 Å². The van der Waals surface area contributed by atoms with E-state index < -0.39 is 16.1 Å². The second kappa shape index (κ2) is 7.59. The summed E-state index contributed by atoms with van der Waals surface area (Å²) in [6, 6.07) is 9.84. The maximum Gasteiger partial charge on any atom is 0.243 e. The van der Waals surface area contributed by atoms with E-state index in [1.54, 1.807) is 6.07 Å². The van der Waals surface area contributed by atoms with Gasteiger partial charge >= 0.3 is 0 Å². The Morgan fingerprint density at radius 1 is 0.967 bits per heavy atom. The van der Waals surface area contributed by atoms with Crippen molar-refractivity contribution in [3.63, 3.8) is 0 Å². The average Bonchev–Trinajstić information content (AvgIpc) is 3.43. The Morgan fingerprint density at radius 3 is 2.63 bits per heavy atom. The maximum atomic E-state index is 13.3. The molecule has 8 heteroatoms. The fourth-order valence-electron chi connectivity index (χ4n) is 4.48. The van der Waals surface area contributed by atoms with E-state index in [2.05, 4.69) is 11.4 Å². The van der Waals surface area contributed by atoms with E-state index in [0.29, 0.717) is 44.1 Å². The van der Waals surface area contributed by atoms with Crippen LogP contribution in [-0.2, 0) is 27.7 Å². The van der Waals surface area contributed by atoms with Crippen molar-refractivity contribution in [3.05, 3.63) is 47.5 Å². The van der Waals surface area contributed by atoms with Gasteiger partial charge in [0.15, 0.2) is 11.5 Å². The number of amides is 1. The number of benzene rings is 2. The van der Waals surface area contributed by atoms with Gasteiger partial charge in [0, 0.05) is 18.3 Å². The molecule has 2 aliphatic heterocycles. The number of sulfonamides is 1. The number of ether oxygens (including phenoxy) is 2. The molecule has 1 aliphatic carbocycles. The van der Waals surface area contributed by atoms with Crippen molar-refractivity contribution in [2.24, 2.45) is 0 Å². The fourth-order valence-corrected chi connectivity index (χ4v) is 6.16. The largest absolute Gasteiger partial charge is 0.486 e. The molecule has 1 N–H and O–H groups in total. The number of carbonyl (C=O) groups is 1. The zero-order chi connectivity index (χ0) is 20.7. The molecule has 3 aliphatic rings. The molecule has 7 nitrogen and oxygen atoms in total. The van der Waals surface area contributed by atoms with Crippen LogP contribution in [-0.4, -0.2) is 44.4 Å². The molecule has 30 heavy (non-hydrogen) atoms. The summed E-state index contributed by atoms with van der Waals surface area (Å²) in [7, 11) is -3.83. The van der Waals surface area contributed by atoms with Crippen LogP contribution in [0.5, 0.6) is 11.5 Å². The van der Waals surface area contributed by atoms with E-state index in [-0.39, 0.29) is 10.8 Å². The van der Waals surface area contributed by atoms with Gasteiger partial charge < -0.3 is 14.8 Å². The molecule has 1 saturated heterocycles. The summed E-state index contributed by atoms with van der Waals surface area (Å²) in [4.78, 5) is 13.1. The number of hydrogen-bond acceptors (Lipinski definition) is 5. The van der Waals surface area contributed by atoms with E-state index in [9.17, 15) is 13.2 Å². The van der Waals surface area contributed by atoms with Crippen LogP contribution in [0.1, 0.15) is 30.4 Å². The van der Waals surface area contributed by atoms with Crippen LogP contribution < -0.4 is 14.8 Å². The lowest BCUT2D eigenvalue weighted by Gasteiger charge is -2.25. The first-order valence-corrected chi connectivity index (χ1v) is 11.8. The Balaban J connectivity index is 1.37. The summed E-state index contributed by atoms with van der Waals surface area (Å²) in [5, 5.41) is 2.93. The van der Waals surface area contributed by atoms with Crippen LogP contribution in [0.25, 0.3) is 0 Å². The van der Waals surface area contributed by atoms with Gasteiger partial charge in [0.25, 0.3) is 0 Å². The highest BCUT2D eigenvalue weighted by Gasteiger charge is 2.40. The Kier molecular flexibility index (Phi) is 4.91. The molecule has 0 unspecified atom stereocenters. The average molecular weight is 429 g/mol. The van der Waals surface area contributed by atoms with Crippen molar-refractivity contribution in [1.82, 2.24) is 4.31 Å². The minimum atomic E-state index is -3.83. The number of nitrogens with one attached hydrogen (secondary N) is 1. The van der Waals surface area contributed by atoms with Crippen LogP contribution in [0.15, 0.2) is 41.3 Å². The molecule has 1 fully saturated rings. The molecule has 0 radical (unpaired) electrons. The lowest BCUT2D eigenvalue weighted by molar-refractivity contribution is -0.119. The number of rotatable bonds is 4. The van der Waals surface area contributed by atoms with Crippen molar-refractivity contribution < 1.29 is 22.7 Å². The molecule has 1 atom stereocenters. The molecule has 2 aromatic carbocycles. The van der Waals surface area contributed by atoms with Gasteiger partial charge in [-0.2, -0.15) is 4.31 Å². The summed E-state index contributed by atoms with van der Waals surface area (Å²) in [6.07, 6.45) is 4.38. The van der Waals surface area contributed by atoms with Crippen molar-refractivity contribution in [2.75, 3.05) is 25.1 Å². The number of fused-ring (bicyclic) bond motifs is 2. The van der Waals surface area contributed by atoms with Crippen LogP contribution in [0.3, 0.4) is 0 Å². The van der Waals surface area contributed by atoms with Crippen molar-refractivity contribution in [3.8, 4) is 11.5 Å². The SMILES string of the molecule is O=C(Nc1ccc2c(c1)CCC2)[C@@H]1CCCN1S(=O)(=O)c1ccc2c(c1)OCCO2. The minimum absolute atomic E-state index is 0.115. The number of carbonyl (C=O) groups excluding carboxylic acids is 1. The first kappa shape index (κ1) is 19.4. The Bertz CT molecular complexity index is 1100. The van der Waals surface area contributed by atoms with Crippen LogP contribution in [0.2, 0.25) is 0 Å². The lowest BCUT2D eigenvalue weighted by Crippen LogP contribution is -2.43. The third kappa shape index (κ3) is 3.44. The van der Waals surface area contributed by atoms with Crippen LogP contribution in [0, 0.1) is 0 Å². The quantitative estimate of drug-likeness (QED) is 0.810. The van der Waals surface area contributed by atoms with E-state index in [1.807, 2.05) is 12.1 Å². The van der Waals surface area contributed by atoms with Gasteiger partial charge in [0.1, 0.15) is 19.3 Å². The normalized spacial score (nSPS) is 20.7. The van der Waals surface area contributed by atoms with Gasteiger partial charge in [-0.25, -0.2) is 8.42 Å². The van der Waals surface area contributed by atoms with Gasteiger partial charge in [-0.1, -0.05) is 6.07 Å². The van der Waals surface area contributed by atoms with Gasteiger partial charge in [0.2, 0.25) is 15.9 Å². The third-order valence-corrected chi connectivity index (χ3v) is 7.90. The van der Waals surface area contributed by atoms with Gasteiger partial charge in [-0.3, -0.25) is 4.79 Å². The van der Waals surface area contributed by atoms with Crippen LogP contribution in [0.4, 0.5) is 5.69 Å². The first-order chi connectivity index (χ1) is 14.5. The van der Waals surface area contributed by atoms with E-state index in [1.165, 1.54) is 27.6 Å². The lowest BCUT2D eigenvalue weighted by atomic mass is 10.1. The fraction of sp³-hybridized carbons (Fsp3) is 0.409. The van der Waals surface area contributed by atoms with Gasteiger partial charge in [0.05, 0.1) is 4.90 Å². The predicted molar refractivity (Wildman–Crippen MR) is 111 cm³/mol. The molecule has 0 aromatic heterocycles. The summed E-state index contributed by atoms with van der Waals surface area (Å²) >= 11 is 0. The summed E-state index contributed by atoms with van der Waals surface area (Å²) in [5.41, 5.74) is 3.32. The molecule has 158 valence electrons. The highest BCUT2D eigenvalue weighted by Crippen LogP contribution is 2.35. The highest BCUT2D eigenvalue weighted by atomic mass is 32.2. The number of anilines is 1. The number of aryl methyl sites for hydroxylation is 2. The summed E-state index contributed by atoms with van der Waals surface area (Å²) < 4.78 is 38.9. The molecule has 2 aromatic rings. The van der Waals surface area contributed by atoms with Crippen LogP contribution >= 0.6 is 0 Å². The molecule has 0 saturated carbocycles. The standard InChI is InChI=1S/C22H24N2O5S/c25-22(23-17-7-6-15-3-1-4-16(15)13-17)19-5-2-10-24(19)30(26,27)18-8-9-20-21(14-18)29-12-11-28-20/h6-9,13-14,19H,1-5,10-12H2,(H,23,25)/t19-/m0/s1. The first-order valence-electron chi connectivity index (χ1n) is 10.4. The maximum absolute atomic E-state index is 13.3. The van der Waals surface area contributed by atoms with E-state index >= 15 is 0 Å². The molecule has 5 rings (SSSR count). The van der Waals surface area contributed by atoms with Crippen molar-refractivity contribution in [2.45, 2.75) is 43.0 Å². The van der Waals surface area contributed by atoms with Crippen molar-refractivity contribution in [1.29, 1.82) is 0 Å². The van der Waals surface area contributed by atoms with Gasteiger partial charge in [-0.05, 0) is 67.5 Å². The van der Waals surface area contributed by atoms with Gasteiger partial charge in [-0.15, -0.1) is 0 Å². The molecular weight excluding hydrogens is 404 g/mol. The van der Waals surface area contributed by atoms with E-state index in [0.717, 1.165) is 24.9 Å². The number of nitrogens with zero attached hydrogens (tertiary/aromatic N) is 1. The molecule has 2 heterocycles. The minimum Gasteiger partial charge on any atom is -0.486 e. The highest BCUT2D eigenvalue weighted by molar-refractivity contribution is 7.89. The second-order valence-electron chi connectivity index (χ2n) is 7.91. The number of hydrogen-bond donors (Lipinski definition) is 1. The Hall–Kier alpha value is -2.58. The zero-order valence-electron chi connectivity index (χ0n) is 16.6. The molecular formula is C22H24N2O5S. The zero-order valence-corrected chi connectivity index (χ0v) is 17.4. The second-order valence-corrected chi connectivity index (χ2v) is 9.80. The molecule has 0 bridgehead atoms. The van der Waals surface area contributed by atoms with E-state index in [4.69, 9.17) is 9.47 Å². The predicted octanol–water partition coefficient (Wildman–Crippen LogP) is 2.74.